The number of ether oxygens (including phenoxy) is 1. The van der Waals surface area contributed by atoms with Gasteiger partial charge in [0.15, 0.2) is 6.61 Å². The Morgan fingerprint density at radius 1 is 1.00 bits per heavy atom. The fourth-order valence-electron chi connectivity index (χ4n) is 4.68. The van der Waals surface area contributed by atoms with Gasteiger partial charge >= 0.3 is 0 Å². The number of anilines is 2. The van der Waals surface area contributed by atoms with E-state index < -0.39 is 0 Å². The Balaban J connectivity index is 1.24. The van der Waals surface area contributed by atoms with Gasteiger partial charge in [0.1, 0.15) is 11.6 Å². The minimum Gasteiger partial charge on any atom is -0.484 e. The van der Waals surface area contributed by atoms with E-state index in [1.807, 2.05) is 54.3 Å². The second-order valence-corrected chi connectivity index (χ2v) is 8.94. The van der Waals surface area contributed by atoms with E-state index in [1.54, 1.807) is 0 Å². The summed E-state index contributed by atoms with van der Waals surface area (Å²) in [5, 5.41) is 4.73. The first kappa shape index (κ1) is 21.5. The highest BCUT2D eigenvalue weighted by molar-refractivity contribution is 5.90. The molecule has 7 nitrogen and oxygen atoms in total. The fraction of sp³-hybridized carbons (Fsp3) is 0.423. The first-order valence-electron chi connectivity index (χ1n) is 11.9. The molecule has 172 valence electrons. The predicted octanol–water partition coefficient (Wildman–Crippen LogP) is 4.02. The molecular formula is C26H31N5O2. The van der Waals surface area contributed by atoms with Crippen molar-refractivity contribution in [3.05, 3.63) is 54.1 Å². The van der Waals surface area contributed by atoms with Gasteiger partial charge in [-0.15, -0.1) is 0 Å². The molecule has 0 bridgehead atoms. The summed E-state index contributed by atoms with van der Waals surface area (Å²) in [7, 11) is 0. The summed E-state index contributed by atoms with van der Waals surface area (Å²) in [4.78, 5) is 26.5. The number of nitrogens with one attached hydrogen (secondary N) is 1. The number of rotatable bonds is 6. The number of piperazine rings is 1. The molecule has 1 saturated carbocycles. The zero-order valence-electron chi connectivity index (χ0n) is 19.2. The standard InChI is InChI=1S/C26H31N5O2/c1-19-8-2-7-13-23(19)33-18-24(32)30-14-16-31(17-15-30)26-28-22-12-6-5-11-21(22)25(29-26)27-20-9-3-4-10-20/h2,5-8,11-13,20H,3-4,9-10,14-18H2,1H3,(H,27,28,29). The van der Waals surface area contributed by atoms with E-state index >= 15 is 0 Å². The van der Waals surface area contributed by atoms with Crippen molar-refractivity contribution in [3.8, 4) is 5.75 Å². The van der Waals surface area contributed by atoms with E-state index in [-0.39, 0.29) is 12.5 Å². The second-order valence-electron chi connectivity index (χ2n) is 8.94. The third-order valence-electron chi connectivity index (χ3n) is 6.65. The number of carbonyl (C=O) groups excluding carboxylic acids is 1. The minimum absolute atomic E-state index is 0.0147. The summed E-state index contributed by atoms with van der Waals surface area (Å²) >= 11 is 0. The Kier molecular flexibility index (Phi) is 6.28. The SMILES string of the molecule is Cc1ccccc1OCC(=O)N1CCN(c2nc(NC3CCCC3)c3ccccc3n2)CC1. The third-order valence-corrected chi connectivity index (χ3v) is 6.65. The molecule has 1 aliphatic carbocycles. The maximum Gasteiger partial charge on any atom is 0.260 e. The molecule has 1 aromatic heterocycles. The monoisotopic (exact) mass is 445 g/mol. The Morgan fingerprint density at radius 3 is 2.52 bits per heavy atom. The van der Waals surface area contributed by atoms with Crippen LogP contribution in [-0.4, -0.2) is 59.6 Å². The van der Waals surface area contributed by atoms with Crippen LogP contribution in [0.5, 0.6) is 5.75 Å². The molecule has 7 heteroatoms. The molecule has 1 amide bonds. The van der Waals surface area contributed by atoms with Crippen molar-refractivity contribution in [2.24, 2.45) is 0 Å². The number of amides is 1. The summed E-state index contributed by atoms with van der Waals surface area (Å²) in [6, 6.07) is 16.4. The van der Waals surface area contributed by atoms with Gasteiger partial charge in [-0.05, 0) is 43.5 Å². The molecule has 5 rings (SSSR count). The zero-order chi connectivity index (χ0) is 22.6. The summed E-state index contributed by atoms with van der Waals surface area (Å²) in [6.45, 7) is 4.73. The number of hydrogen-bond donors (Lipinski definition) is 1. The summed E-state index contributed by atoms with van der Waals surface area (Å²) in [6.07, 6.45) is 4.94. The van der Waals surface area contributed by atoms with Crippen molar-refractivity contribution < 1.29 is 9.53 Å². The Labute approximate surface area is 194 Å². The van der Waals surface area contributed by atoms with E-state index in [1.165, 1.54) is 25.7 Å². The normalized spacial score (nSPS) is 16.9. The van der Waals surface area contributed by atoms with Crippen LogP contribution in [0.1, 0.15) is 31.2 Å². The van der Waals surface area contributed by atoms with Crippen molar-refractivity contribution in [3.63, 3.8) is 0 Å². The number of nitrogens with zero attached hydrogens (tertiary/aromatic N) is 4. The Morgan fingerprint density at radius 2 is 1.73 bits per heavy atom. The number of carbonyl (C=O) groups is 1. The molecule has 0 atom stereocenters. The number of para-hydroxylation sites is 2. The highest BCUT2D eigenvalue weighted by Crippen LogP contribution is 2.28. The van der Waals surface area contributed by atoms with Crippen molar-refractivity contribution in [2.75, 3.05) is 43.0 Å². The molecule has 2 fully saturated rings. The number of aryl methyl sites for hydroxylation is 1. The van der Waals surface area contributed by atoms with E-state index in [0.29, 0.717) is 32.2 Å². The number of fused-ring (bicyclic) bond motifs is 1. The van der Waals surface area contributed by atoms with Crippen molar-refractivity contribution in [1.82, 2.24) is 14.9 Å². The first-order chi connectivity index (χ1) is 16.2. The molecule has 33 heavy (non-hydrogen) atoms. The molecule has 1 saturated heterocycles. The minimum atomic E-state index is 0.0147. The van der Waals surface area contributed by atoms with Crippen molar-refractivity contribution >= 4 is 28.6 Å². The number of benzene rings is 2. The lowest BCUT2D eigenvalue weighted by Crippen LogP contribution is -2.50. The van der Waals surface area contributed by atoms with Crippen LogP contribution in [0.2, 0.25) is 0 Å². The van der Waals surface area contributed by atoms with Gasteiger partial charge in [0, 0.05) is 37.6 Å². The molecule has 1 aliphatic heterocycles. The van der Waals surface area contributed by atoms with Gasteiger partial charge < -0.3 is 19.9 Å². The van der Waals surface area contributed by atoms with Crippen molar-refractivity contribution in [2.45, 2.75) is 38.6 Å². The Bertz CT molecular complexity index is 1120. The molecule has 2 heterocycles. The van der Waals surface area contributed by atoms with Crippen LogP contribution in [0, 0.1) is 6.92 Å². The van der Waals surface area contributed by atoms with Gasteiger partial charge in [0.25, 0.3) is 5.91 Å². The summed E-state index contributed by atoms with van der Waals surface area (Å²) < 4.78 is 5.75. The first-order valence-corrected chi connectivity index (χ1v) is 11.9. The molecule has 3 aromatic rings. The van der Waals surface area contributed by atoms with Crippen LogP contribution < -0.4 is 15.0 Å². The summed E-state index contributed by atoms with van der Waals surface area (Å²) in [5.74, 6) is 2.43. The average Bonchev–Trinajstić information content (AvgIpc) is 3.36. The molecule has 2 aliphatic rings. The lowest BCUT2D eigenvalue weighted by molar-refractivity contribution is -0.133. The van der Waals surface area contributed by atoms with Gasteiger partial charge in [-0.2, -0.15) is 4.98 Å². The van der Waals surface area contributed by atoms with E-state index in [9.17, 15) is 4.79 Å². The quantitative estimate of drug-likeness (QED) is 0.618. The maximum absolute atomic E-state index is 12.7. The van der Waals surface area contributed by atoms with Crippen LogP contribution in [0.3, 0.4) is 0 Å². The van der Waals surface area contributed by atoms with E-state index in [2.05, 4.69) is 16.3 Å². The highest BCUT2D eigenvalue weighted by atomic mass is 16.5. The van der Waals surface area contributed by atoms with Crippen molar-refractivity contribution in [1.29, 1.82) is 0 Å². The average molecular weight is 446 g/mol. The Hall–Kier alpha value is -3.35. The molecule has 0 unspecified atom stereocenters. The fourth-order valence-corrected chi connectivity index (χ4v) is 4.68. The lowest BCUT2D eigenvalue weighted by atomic mass is 10.2. The molecule has 2 aromatic carbocycles. The number of aromatic nitrogens is 2. The molecular weight excluding hydrogens is 414 g/mol. The zero-order valence-corrected chi connectivity index (χ0v) is 19.2. The van der Waals surface area contributed by atoms with Gasteiger partial charge in [0.05, 0.1) is 5.52 Å². The maximum atomic E-state index is 12.7. The highest BCUT2D eigenvalue weighted by Gasteiger charge is 2.24. The van der Waals surface area contributed by atoms with E-state index in [0.717, 1.165) is 34.0 Å². The third kappa shape index (κ3) is 4.87. The van der Waals surface area contributed by atoms with Crippen LogP contribution in [-0.2, 0) is 4.79 Å². The van der Waals surface area contributed by atoms with Crippen LogP contribution in [0.4, 0.5) is 11.8 Å². The lowest BCUT2D eigenvalue weighted by Gasteiger charge is -2.35. The van der Waals surface area contributed by atoms with E-state index in [4.69, 9.17) is 14.7 Å². The van der Waals surface area contributed by atoms with Crippen LogP contribution >= 0.6 is 0 Å². The van der Waals surface area contributed by atoms with Gasteiger partial charge in [-0.25, -0.2) is 4.98 Å². The molecule has 0 spiro atoms. The smallest absolute Gasteiger partial charge is 0.260 e. The van der Waals surface area contributed by atoms with Gasteiger partial charge in [0.2, 0.25) is 5.95 Å². The predicted molar refractivity (Wildman–Crippen MR) is 131 cm³/mol. The largest absolute Gasteiger partial charge is 0.484 e. The number of hydrogen-bond acceptors (Lipinski definition) is 6. The second kappa shape index (κ2) is 9.65. The molecule has 1 N–H and O–H groups in total. The summed E-state index contributed by atoms with van der Waals surface area (Å²) in [5.41, 5.74) is 1.98. The van der Waals surface area contributed by atoms with Gasteiger partial charge in [-0.1, -0.05) is 43.2 Å². The van der Waals surface area contributed by atoms with Crippen LogP contribution in [0.25, 0.3) is 10.9 Å². The van der Waals surface area contributed by atoms with Gasteiger partial charge in [-0.3, -0.25) is 4.79 Å². The van der Waals surface area contributed by atoms with Crippen LogP contribution in [0.15, 0.2) is 48.5 Å². The topological polar surface area (TPSA) is 70.6 Å². The molecule has 0 radical (unpaired) electrons.